The van der Waals surface area contributed by atoms with Gasteiger partial charge in [0.25, 0.3) is 0 Å². The van der Waals surface area contributed by atoms with Crippen LogP contribution in [0.4, 0.5) is 0 Å². The molecule has 0 unspecified atom stereocenters. The Morgan fingerprint density at radius 1 is 1.56 bits per heavy atom. The van der Waals surface area contributed by atoms with Gasteiger partial charge < -0.3 is 4.74 Å². The molecule has 51 valence electrons. The monoisotopic (exact) mass is 141 g/mol. The van der Waals surface area contributed by atoms with Gasteiger partial charge >= 0.3 is 0 Å². The number of rotatable bonds is 1. The molecule has 0 fully saturated rings. The van der Waals surface area contributed by atoms with Crippen LogP contribution in [-0.4, -0.2) is 15.4 Å². The van der Waals surface area contributed by atoms with E-state index in [1.54, 1.807) is 0 Å². The fraction of sp³-hybridized carbons (Fsp3) is 0.714. The van der Waals surface area contributed by atoms with E-state index < -0.39 is 0 Å². The molecule has 0 saturated heterocycles. The molecule has 0 saturated carbocycles. The molecule has 0 aromatic heterocycles. The van der Waals surface area contributed by atoms with Crippen LogP contribution in [0.25, 0.3) is 0 Å². The van der Waals surface area contributed by atoms with Crippen molar-refractivity contribution in [2.75, 3.05) is 6.61 Å². The van der Waals surface area contributed by atoms with Crippen LogP contribution in [0.1, 0.15) is 12.8 Å². The maximum absolute atomic E-state index is 5.45. The number of ether oxygens (including phenoxy) is 1. The van der Waals surface area contributed by atoms with E-state index in [0.717, 1.165) is 6.61 Å². The zero-order valence-corrected chi connectivity index (χ0v) is 7.11. The van der Waals surface area contributed by atoms with Crippen molar-refractivity contribution < 1.29 is 4.74 Å². The van der Waals surface area contributed by atoms with Crippen LogP contribution in [-0.2, 0) is 4.74 Å². The summed E-state index contributed by atoms with van der Waals surface area (Å²) in [6.45, 7) is 5.48. The molecule has 0 aromatic carbocycles. The van der Waals surface area contributed by atoms with Gasteiger partial charge in [0.1, 0.15) is 8.80 Å². The summed E-state index contributed by atoms with van der Waals surface area (Å²) in [5.41, 5.74) is 0. The van der Waals surface area contributed by atoms with Crippen molar-refractivity contribution in [3.63, 3.8) is 0 Å². The Balaban J connectivity index is 2.46. The Bertz CT molecular complexity index is 118. The topological polar surface area (TPSA) is 9.23 Å². The van der Waals surface area contributed by atoms with Crippen LogP contribution in [0.5, 0.6) is 0 Å². The third-order valence-electron chi connectivity index (χ3n) is 1.43. The molecule has 0 bridgehead atoms. The van der Waals surface area contributed by atoms with Gasteiger partial charge in [-0.1, -0.05) is 19.2 Å². The number of hydrogen-bond donors (Lipinski definition) is 0. The molecular weight excluding hydrogens is 128 g/mol. The Hall–Kier alpha value is -0.243. The SMILES string of the molecule is C[Si](C)C1=CCCCO1. The Labute approximate surface area is 58.3 Å². The first-order valence-electron chi connectivity index (χ1n) is 3.44. The molecule has 1 radical (unpaired) electrons. The predicted octanol–water partition coefficient (Wildman–Crippen LogP) is 1.97. The van der Waals surface area contributed by atoms with Gasteiger partial charge in [-0.25, -0.2) is 0 Å². The third kappa shape index (κ3) is 1.86. The molecule has 0 amide bonds. The highest BCUT2D eigenvalue weighted by molar-refractivity contribution is 6.63. The Morgan fingerprint density at radius 2 is 2.33 bits per heavy atom. The van der Waals surface area contributed by atoms with E-state index in [1.807, 2.05) is 0 Å². The van der Waals surface area contributed by atoms with Gasteiger partial charge in [0.15, 0.2) is 0 Å². The van der Waals surface area contributed by atoms with Crippen LogP contribution >= 0.6 is 0 Å². The van der Waals surface area contributed by atoms with Gasteiger partial charge in [-0.05, 0) is 12.8 Å². The van der Waals surface area contributed by atoms with Crippen LogP contribution < -0.4 is 0 Å². The lowest BCUT2D eigenvalue weighted by Crippen LogP contribution is -2.13. The third-order valence-corrected chi connectivity index (χ3v) is 2.76. The van der Waals surface area contributed by atoms with Crippen LogP contribution in [0.3, 0.4) is 0 Å². The van der Waals surface area contributed by atoms with Crippen molar-refractivity contribution in [1.29, 1.82) is 0 Å². The summed E-state index contributed by atoms with van der Waals surface area (Å²) >= 11 is 0. The number of allylic oxidation sites excluding steroid dienone is 1. The lowest BCUT2D eigenvalue weighted by molar-refractivity contribution is 0.215. The average molecular weight is 141 g/mol. The van der Waals surface area contributed by atoms with Gasteiger partial charge in [-0.2, -0.15) is 0 Å². The Kier molecular flexibility index (Phi) is 2.34. The summed E-state index contributed by atoms with van der Waals surface area (Å²) < 4.78 is 5.45. The molecule has 1 nitrogen and oxygen atoms in total. The summed E-state index contributed by atoms with van der Waals surface area (Å²) in [7, 11) is -0.296. The minimum absolute atomic E-state index is 0.296. The van der Waals surface area contributed by atoms with Crippen LogP contribution in [0.15, 0.2) is 11.5 Å². The fourth-order valence-corrected chi connectivity index (χ4v) is 1.85. The van der Waals surface area contributed by atoms with Crippen molar-refractivity contribution in [1.82, 2.24) is 0 Å². The van der Waals surface area contributed by atoms with Crippen molar-refractivity contribution >= 4 is 8.80 Å². The first-order chi connectivity index (χ1) is 4.30. The largest absolute Gasteiger partial charge is 0.504 e. The van der Waals surface area contributed by atoms with Gasteiger partial charge in [-0.15, -0.1) is 0 Å². The highest BCUT2D eigenvalue weighted by Crippen LogP contribution is 2.11. The second kappa shape index (κ2) is 3.06. The first kappa shape index (κ1) is 6.87. The highest BCUT2D eigenvalue weighted by atomic mass is 28.3. The summed E-state index contributed by atoms with van der Waals surface area (Å²) in [6, 6.07) is 0. The molecule has 1 aliphatic rings. The van der Waals surface area contributed by atoms with E-state index in [-0.39, 0.29) is 8.80 Å². The van der Waals surface area contributed by atoms with E-state index in [9.17, 15) is 0 Å². The van der Waals surface area contributed by atoms with Crippen molar-refractivity contribution in [2.24, 2.45) is 0 Å². The number of hydrogen-bond acceptors (Lipinski definition) is 1. The summed E-state index contributed by atoms with van der Waals surface area (Å²) in [5.74, 6) is 0. The molecule has 0 aliphatic carbocycles. The molecule has 9 heavy (non-hydrogen) atoms. The van der Waals surface area contributed by atoms with E-state index in [2.05, 4.69) is 19.2 Å². The fourth-order valence-electron chi connectivity index (χ4n) is 0.906. The molecule has 1 aliphatic heterocycles. The van der Waals surface area contributed by atoms with E-state index in [1.165, 1.54) is 18.2 Å². The minimum Gasteiger partial charge on any atom is -0.504 e. The normalized spacial score (nSPS) is 19.2. The lowest BCUT2D eigenvalue weighted by atomic mass is 10.3. The van der Waals surface area contributed by atoms with Gasteiger partial charge in [-0.3, -0.25) is 0 Å². The average Bonchev–Trinajstić information content (AvgIpc) is 1.90. The molecule has 1 rings (SSSR count). The quantitative estimate of drug-likeness (QED) is 0.507. The van der Waals surface area contributed by atoms with Crippen molar-refractivity contribution in [3.8, 4) is 0 Å². The second-order valence-corrected chi connectivity index (χ2v) is 5.05. The Morgan fingerprint density at radius 3 is 2.67 bits per heavy atom. The molecule has 0 atom stereocenters. The molecule has 2 heteroatoms. The lowest BCUT2D eigenvalue weighted by Gasteiger charge is -2.16. The van der Waals surface area contributed by atoms with E-state index in [4.69, 9.17) is 4.74 Å². The maximum Gasteiger partial charge on any atom is 0.126 e. The molecular formula is C7H13OSi. The smallest absolute Gasteiger partial charge is 0.126 e. The minimum atomic E-state index is -0.296. The summed E-state index contributed by atoms with van der Waals surface area (Å²) in [6.07, 6.45) is 4.68. The summed E-state index contributed by atoms with van der Waals surface area (Å²) in [4.78, 5) is 0. The van der Waals surface area contributed by atoms with Crippen LogP contribution in [0, 0.1) is 0 Å². The predicted molar refractivity (Wildman–Crippen MR) is 40.8 cm³/mol. The van der Waals surface area contributed by atoms with Gasteiger partial charge in [0.05, 0.1) is 12.0 Å². The highest BCUT2D eigenvalue weighted by Gasteiger charge is 2.08. The van der Waals surface area contributed by atoms with Crippen molar-refractivity contribution in [3.05, 3.63) is 11.5 Å². The summed E-state index contributed by atoms with van der Waals surface area (Å²) in [5, 5.41) is 1.28. The zero-order chi connectivity index (χ0) is 6.69. The van der Waals surface area contributed by atoms with E-state index in [0.29, 0.717) is 0 Å². The zero-order valence-electron chi connectivity index (χ0n) is 6.11. The molecule has 1 heterocycles. The standard InChI is InChI=1S/C7H13OSi/c1-9(2)7-5-3-4-6-8-7/h5H,3-4,6H2,1-2H3. The second-order valence-electron chi connectivity index (χ2n) is 2.56. The van der Waals surface area contributed by atoms with Crippen LogP contribution in [0.2, 0.25) is 13.1 Å². The van der Waals surface area contributed by atoms with Gasteiger partial charge in [0.2, 0.25) is 0 Å². The maximum atomic E-state index is 5.45. The molecule has 0 spiro atoms. The molecule has 0 N–H and O–H groups in total. The van der Waals surface area contributed by atoms with Crippen molar-refractivity contribution in [2.45, 2.75) is 25.9 Å². The van der Waals surface area contributed by atoms with E-state index >= 15 is 0 Å². The molecule has 0 aromatic rings. The van der Waals surface area contributed by atoms with Gasteiger partial charge in [0, 0.05) is 0 Å². The first-order valence-corrected chi connectivity index (χ1v) is 5.94.